The highest BCUT2D eigenvalue weighted by atomic mass is 79.9. The monoisotopic (exact) mass is 427 g/mol. The van der Waals surface area contributed by atoms with E-state index in [4.69, 9.17) is 0 Å². The van der Waals surface area contributed by atoms with Crippen LogP contribution in [-0.4, -0.2) is 28.3 Å². The van der Waals surface area contributed by atoms with Crippen LogP contribution in [0.25, 0.3) is 5.69 Å². The molecule has 0 bridgehead atoms. The molecule has 8 heteroatoms. The number of para-hydroxylation sites is 3. The van der Waals surface area contributed by atoms with E-state index in [0.717, 1.165) is 10.2 Å². The van der Waals surface area contributed by atoms with E-state index in [0.29, 0.717) is 11.4 Å². The summed E-state index contributed by atoms with van der Waals surface area (Å²) >= 11 is 3.36. The van der Waals surface area contributed by atoms with Crippen molar-refractivity contribution >= 4 is 39.2 Å². The summed E-state index contributed by atoms with van der Waals surface area (Å²) in [4.78, 5) is 24.0. The fraction of sp³-hybridized carbons (Fsp3) is 0.105. The van der Waals surface area contributed by atoms with Crippen LogP contribution in [0, 0.1) is 0 Å². The van der Waals surface area contributed by atoms with Gasteiger partial charge < -0.3 is 16.0 Å². The van der Waals surface area contributed by atoms with Gasteiger partial charge in [0.05, 0.1) is 22.0 Å². The van der Waals surface area contributed by atoms with Crippen LogP contribution in [0.2, 0.25) is 0 Å². The van der Waals surface area contributed by atoms with Crippen molar-refractivity contribution < 1.29 is 9.59 Å². The van der Waals surface area contributed by atoms with Crippen molar-refractivity contribution in [1.29, 1.82) is 0 Å². The summed E-state index contributed by atoms with van der Waals surface area (Å²) in [6.45, 7) is 0.222. The second-order valence-electron chi connectivity index (χ2n) is 5.67. The topological polar surface area (TPSA) is 88.0 Å². The highest BCUT2D eigenvalue weighted by Crippen LogP contribution is 2.21. The normalized spacial score (nSPS) is 10.3. The Hall–Kier alpha value is -3.13. The third kappa shape index (κ3) is 5.42. The number of benzene rings is 2. The number of carbonyl (C=O) groups is 2. The highest BCUT2D eigenvalue weighted by molar-refractivity contribution is 9.10. The fourth-order valence-corrected chi connectivity index (χ4v) is 2.70. The first-order valence-electron chi connectivity index (χ1n) is 8.31. The lowest BCUT2D eigenvalue weighted by molar-refractivity contribution is -0.116. The van der Waals surface area contributed by atoms with Gasteiger partial charge in [0.1, 0.15) is 0 Å². The predicted octanol–water partition coefficient (Wildman–Crippen LogP) is 3.79. The molecule has 0 aliphatic heterocycles. The number of amides is 3. The Kier molecular flexibility index (Phi) is 6.22. The van der Waals surface area contributed by atoms with E-state index in [9.17, 15) is 9.59 Å². The maximum atomic E-state index is 12.2. The highest BCUT2D eigenvalue weighted by Gasteiger charge is 2.09. The molecule has 7 nitrogen and oxygen atoms in total. The summed E-state index contributed by atoms with van der Waals surface area (Å²) < 4.78 is 2.52. The molecule has 3 N–H and O–H groups in total. The standard InChI is InChI=1S/C19H18BrN5O2/c20-14-12-22-25(13-14)17-9-5-4-8-16(17)24-18(26)10-11-21-19(27)23-15-6-2-1-3-7-15/h1-9,12-13H,10-11H2,(H,24,26)(H2,21,23,27). The first-order chi connectivity index (χ1) is 13.1. The summed E-state index contributed by atoms with van der Waals surface area (Å²) in [6, 6.07) is 16.1. The summed E-state index contributed by atoms with van der Waals surface area (Å²) in [5, 5.41) is 12.5. The van der Waals surface area contributed by atoms with E-state index >= 15 is 0 Å². The number of aromatic nitrogens is 2. The third-order valence-corrected chi connectivity index (χ3v) is 4.05. The van der Waals surface area contributed by atoms with Crippen LogP contribution >= 0.6 is 15.9 Å². The number of carbonyl (C=O) groups excluding carboxylic acids is 2. The number of urea groups is 1. The molecule has 27 heavy (non-hydrogen) atoms. The first kappa shape index (κ1) is 18.7. The van der Waals surface area contributed by atoms with Gasteiger partial charge in [-0.1, -0.05) is 30.3 Å². The Labute approximate surface area is 164 Å². The summed E-state index contributed by atoms with van der Waals surface area (Å²) in [5.41, 5.74) is 2.09. The molecule has 0 saturated carbocycles. The van der Waals surface area contributed by atoms with Crippen LogP contribution in [-0.2, 0) is 4.79 Å². The molecular formula is C19H18BrN5O2. The minimum absolute atomic E-state index is 0.152. The molecule has 0 aliphatic rings. The maximum absolute atomic E-state index is 12.2. The van der Waals surface area contributed by atoms with Crippen molar-refractivity contribution in [3.63, 3.8) is 0 Å². The van der Waals surface area contributed by atoms with Gasteiger partial charge in [-0.25, -0.2) is 9.48 Å². The van der Waals surface area contributed by atoms with Crippen LogP contribution in [0.4, 0.5) is 16.2 Å². The second kappa shape index (κ2) is 9.00. The number of anilines is 2. The van der Waals surface area contributed by atoms with E-state index < -0.39 is 0 Å². The molecule has 3 aromatic rings. The zero-order valence-electron chi connectivity index (χ0n) is 14.4. The molecule has 0 spiro atoms. The lowest BCUT2D eigenvalue weighted by Gasteiger charge is -2.11. The average Bonchev–Trinajstić information content (AvgIpc) is 3.09. The minimum Gasteiger partial charge on any atom is -0.337 e. The van der Waals surface area contributed by atoms with Crippen LogP contribution in [0.5, 0.6) is 0 Å². The Bertz CT molecular complexity index is 927. The second-order valence-corrected chi connectivity index (χ2v) is 6.58. The molecule has 0 radical (unpaired) electrons. The summed E-state index contributed by atoms with van der Waals surface area (Å²) in [5.74, 6) is -0.200. The Balaban J connectivity index is 1.51. The zero-order chi connectivity index (χ0) is 19.1. The van der Waals surface area contributed by atoms with Gasteiger partial charge in [0.15, 0.2) is 0 Å². The first-order valence-corrected chi connectivity index (χ1v) is 9.10. The average molecular weight is 428 g/mol. The van der Waals surface area contributed by atoms with E-state index in [-0.39, 0.29) is 24.9 Å². The quantitative estimate of drug-likeness (QED) is 0.559. The summed E-state index contributed by atoms with van der Waals surface area (Å²) in [7, 11) is 0. The molecule has 3 rings (SSSR count). The SMILES string of the molecule is O=C(CCNC(=O)Nc1ccccc1)Nc1ccccc1-n1cc(Br)cn1. The Morgan fingerprint density at radius 1 is 1.00 bits per heavy atom. The van der Waals surface area contributed by atoms with Crippen molar-refractivity contribution in [1.82, 2.24) is 15.1 Å². The number of hydrogen-bond acceptors (Lipinski definition) is 3. The van der Waals surface area contributed by atoms with E-state index in [1.54, 1.807) is 35.3 Å². The molecule has 138 valence electrons. The van der Waals surface area contributed by atoms with Crippen molar-refractivity contribution in [3.8, 4) is 5.69 Å². The molecule has 0 atom stereocenters. The van der Waals surface area contributed by atoms with Gasteiger partial charge >= 0.3 is 6.03 Å². The van der Waals surface area contributed by atoms with Crippen molar-refractivity contribution in [2.24, 2.45) is 0 Å². The predicted molar refractivity (Wildman–Crippen MR) is 108 cm³/mol. The van der Waals surface area contributed by atoms with Crippen LogP contribution in [0.1, 0.15) is 6.42 Å². The number of hydrogen-bond donors (Lipinski definition) is 3. The van der Waals surface area contributed by atoms with E-state index in [2.05, 4.69) is 37.0 Å². The molecule has 1 aromatic heterocycles. The molecule has 1 heterocycles. The molecule has 0 fully saturated rings. The molecule has 0 unspecified atom stereocenters. The van der Waals surface area contributed by atoms with Gasteiger partial charge in [-0.3, -0.25) is 4.79 Å². The Morgan fingerprint density at radius 3 is 2.48 bits per heavy atom. The largest absolute Gasteiger partial charge is 0.337 e. The number of rotatable bonds is 6. The Morgan fingerprint density at radius 2 is 1.74 bits per heavy atom. The van der Waals surface area contributed by atoms with Gasteiger partial charge in [0.25, 0.3) is 0 Å². The maximum Gasteiger partial charge on any atom is 0.319 e. The molecular weight excluding hydrogens is 410 g/mol. The minimum atomic E-state index is -0.351. The van der Waals surface area contributed by atoms with Crippen LogP contribution < -0.4 is 16.0 Å². The van der Waals surface area contributed by atoms with Crippen molar-refractivity contribution in [2.75, 3.05) is 17.2 Å². The number of nitrogens with one attached hydrogen (secondary N) is 3. The smallest absolute Gasteiger partial charge is 0.319 e. The van der Waals surface area contributed by atoms with Gasteiger partial charge in [-0.2, -0.15) is 5.10 Å². The third-order valence-electron chi connectivity index (χ3n) is 3.65. The van der Waals surface area contributed by atoms with Crippen LogP contribution in [0.15, 0.2) is 71.5 Å². The summed E-state index contributed by atoms with van der Waals surface area (Å²) in [6.07, 6.45) is 3.63. The number of nitrogens with zero attached hydrogens (tertiary/aromatic N) is 2. The lowest BCUT2D eigenvalue weighted by atomic mass is 10.2. The van der Waals surface area contributed by atoms with Gasteiger partial charge in [-0.05, 0) is 40.2 Å². The molecule has 0 saturated heterocycles. The van der Waals surface area contributed by atoms with E-state index in [1.807, 2.05) is 36.4 Å². The number of halogens is 1. The van der Waals surface area contributed by atoms with E-state index in [1.165, 1.54) is 0 Å². The van der Waals surface area contributed by atoms with Gasteiger partial charge in [0.2, 0.25) is 5.91 Å². The fourth-order valence-electron chi connectivity index (χ4n) is 2.41. The van der Waals surface area contributed by atoms with Crippen molar-refractivity contribution in [2.45, 2.75) is 6.42 Å². The van der Waals surface area contributed by atoms with Crippen LogP contribution in [0.3, 0.4) is 0 Å². The zero-order valence-corrected chi connectivity index (χ0v) is 15.9. The van der Waals surface area contributed by atoms with Crippen molar-refractivity contribution in [3.05, 3.63) is 71.5 Å². The van der Waals surface area contributed by atoms with Gasteiger partial charge in [-0.15, -0.1) is 0 Å². The lowest BCUT2D eigenvalue weighted by Crippen LogP contribution is -2.31. The molecule has 0 aliphatic carbocycles. The molecule has 3 amide bonds. The molecule has 2 aromatic carbocycles. The van der Waals surface area contributed by atoms with Gasteiger partial charge in [0, 0.05) is 24.8 Å².